The SMILES string of the molecule is CCc1cc2c(N3CCC4(CC(NC(=O)OC(C)(C)C)C4)C3)nc(Cl)nc2s1. The van der Waals surface area contributed by atoms with E-state index in [1.54, 1.807) is 11.3 Å². The van der Waals surface area contributed by atoms with Crippen molar-refractivity contribution in [3.05, 3.63) is 16.2 Å². The summed E-state index contributed by atoms with van der Waals surface area (Å²) in [5.74, 6) is 0.950. The molecule has 2 fully saturated rings. The lowest BCUT2D eigenvalue weighted by molar-refractivity contribution is 0.0367. The third kappa shape index (κ3) is 3.92. The van der Waals surface area contributed by atoms with Crippen molar-refractivity contribution in [2.45, 2.75) is 65.0 Å². The molecular weight excluding hydrogens is 396 g/mol. The first kappa shape index (κ1) is 19.7. The fourth-order valence-corrected chi connectivity index (χ4v) is 5.53. The van der Waals surface area contributed by atoms with Gasteiger partial charge in [0.2, 0.25) is 5.28 Å². The second-order valence-corrected chi connectivity index (χ2v) is 10.5. The van der Waals surface area contributed by atoms with E-state index >= 15 is 0 Å². The Kier molecular flexibility index (Phi) is 4.94. The minimum atomic E-state index is -0.467. The van der Waals surface area contributed by atoms with Crippen LogP contribution in [0, 0.1) is 5.41 Å². The highest BCUT2D eigenvalue weighted by molar-refractivity contribution is 7.18. The Bertz CT molecular complexity index is 901. The standard InChI is InChI=1S/C20H27ClN4O2S/c1-5-13-8-14-15(23-17(21)24-16(14)28-13)25-7-6-20(11-25)9-12(10-20)22-18(26)27-19(2,3)4/h8,12H,5-7,9-11H2,1-4H3,(H,22,26). The van der Waals surface area contributed by atoms with Crippen LogP contribution in [0.25, 0.3) is 10.2 Å². The van der Waals surface area contributed by atoms with Gasteiger partial charge in [0.05, 0.1) is 5.39 Å². The van der Waals surface area contributed by atoms with Crippen LogP contribution >= 0.6 is 22.9 Å². The van der Waals surface area contributed by atoms with Gasteiger partial charge in [0.25, 0.3) is 0 Å². The smallest absolute Gasteiger partial charge is 0.407 e. The number of ether oxygens (including phenoxy) is 1. The molecule has 1 saturated heterocycles. The summed E-state index contributed by atoms with van der Waals surface area (Å²) in [5.41, 5.74) is -0.224. The molecule has 4 rings (SSSR count). The fraction of sp³-hybridized carbons (Fsp3) is 0.650. The van der Waals surface area contributed by atoms with Gasteiger partial charge in [0.15, 0.2) is 0 Å². The van der Waals surface area contributed by atoms with Crippen molar-refractivity contribution in [1.29, 1.82) is 0 Å². The Labute approximate surface area is 174 Å². The maximum absolute atomic E-state index is 12.0. The molecule has 0 radical (unpaired) electrons. The molecule has 1 amide bonds. The molecule has 1 aliphatic heterocycles. The predicted molar refractivity (Wildman–Crippen MR) is 113 cm³/mol. The second kappa shape index (κ2) is 7.02. The quantitative estimate of drug-likeness (QED) is 0.720. The van der Waals surface area contributed by atoms with Crippen LogP contribution in [0.2, 0.25) is 5.28 Å². The molecule has 2 aliphatic rings. The van der Waals surface area contributed by atoms with Gasteiger partial charge < -0.3 is 15.0 Å². The van der Waals surface area contributed by atoms with Gasteiger partial charge in [0.1, 0.15) is 16.2 Å². The van der Waals surface area contributed by atoms with Gasteiger partial charge in [-0.2, -0.15) is 4.98 Å². The molecule has 2 aromatic rings. The molecule has 1 saturated carbocycles. The van der Waals surface area contributed by atoms with Gasteiger partial charge in [-0.15, -0.1) is 11.3 Å². The summed E-state index contributed by atoms with van der Waals surface area (Å²) < 4.78 is 5.37. The van der Waals surface area contributed by atoms with Gasteiger partial charge in [-0.1, -0.05) is 6.92 Å². The number of carbonyl (C=O) groups is 1. The van der Waals surface area contributed by atoms with E-state index in [-0.39, 0.29) is 17.6 Å². The number of hydrogen-bond donors (Lipinski definition) is 1. The van der Waals surface area contributed by atoms with E-state index < -0.39 is 5.60 Å². The molecule has 152 valence electrons. The van der Waals surface area contributed by atoms with E-state index in [0.717, 1.165) is 54.8 Å². The van der Waals surface area contributed by atoms with Crippen LogP contribution in [0.5, 0.6) is 0 Å². The van der Waals surface area contributed by atoms with Crippen LogP contribution in [-0.2, 0) is 11.2 Å². The Hall–Kier alpha value is -1.60. The number of rotatable bonds is 3. The number of anilines is 1. The highest BCUT2D eigenvalue weighted by Crippen LogP contribution is 2.49. The Morgan fingerprint density at radius 3 is 2.86 bits per heavy atom. The molecule has 1 spiro atoms. The molecule has 0 aromatic carbocycles. The average Bonchev–Trinajstić information content (AvgIpc) is 3.16. The van der Waals surface area contributed by atoms with Crippen molar-refractivity contribution in [2.24, 2.45) is 5.41 Å². The van der Waals surface area contributed by atoms with E-state index in [9.17, 15) is 4.79 Å². The topological polar surface area (TPSA) is 67.4 Å². The van der Waals surface area contributed by atoms with E-state index in [0.29, 0.717) is 5.28 Å². The first-order valence-electron chi connectivity index (χ1n) is 9.87. The maximum Gasteiger partial charge on any atom is 0.407 e. The zero-order valence-electron chi connectivity index (χ0n) is 16.8. The highest BCUT2D eigenvalue weighted by atomic mass is 35.5. The number of alkyl carbamates (subject to hydrolysis) is 1. The van der Waals surface area contributed by atoms with Crippen LogP contribution in [0.1, 0.15) is 51.8 Å². The summed E-state index contributed by atoms with van der Waals surface area (Å²) in [6.07, 6.45) is 3.73. The van der Waals surface area contributed by atoms with E-state index in [4.69, 9.17) is 16.3 Å². The summed E-state index contributed by atoms with van der Waals surface area (Å²) in [6, 6.07) is 2.39. The van der Waals surface area contributed by atoms with Crippen molar-refractivity contribution in [3.63, 3.8) is 0 Å². The molecule has 2 aromatic heterocycles. The van der Waals surface area contributed by atoms with Gasteiger partial charge in [0, 0.05) is 24.0 Å². The summed E-state index contributed by atoms with van der Waals surface area (Å²) in [7, 11) is 0. The molecule has 8 heteroatoms. The first-order valence-corrected chi connectivity index (χ1v) is 11.1. The Morgan fingerprint density at radius 2 is 2.18 bits per heavy atom. The lowest BCUT2D eigenvalue weighted by atomic mass is 9.65. The number of nitrogens with one attached hydrogen (secondary N) is 1. The Morgan fingerprint density at radius 1 is 1.43 bits per heavy atom. The lowest BCUT2D eigenvalue weighted by Gasteiger charge is -2.45. The second-order valence-electron chi connectivity index (χ2n) is 9.02. The zero-order chi connectivity index (χ0) is 20.1. The molecule has 1 N–H and O–H groups in total. The van der Waals surface area contributed by atoms with Crippen molar-refractivity contribution in [1.82, 2.24) is 15.3 Å². The molecule has 0 atom stereocenters. The lowest BCUT2D eigenvalue weighted by Crippen LogP contribution is -2.52. The monoisotopic (exact) mass is 422 g/mol. The highest BCUT2D eigenvalue weighted by Gasteiger charge is 2.49. The van der Waals surface area contributed by atoms with Crippen LogP contribution in [0.15, 0.2) is 6.07 Å². The first-order chi connectivity index (χ1) is 13.2. The molecule has 0 unspecified atom stereocenters. The summed E-state index contributed by atoms with van der Waals surface area (Å²) in [6.45, 7) is 9.69. The third-order valence-corrected chi connectivity index (χ3v) is 6.90. The largest absolute Gasteiger partial charge is 0.444 e. The number of thiophene rings is 1. The summed E-state index contributed by atoms with van der Waals surface area (Å²) in [5, 5.41) is 4.42. The van der Waals surface area contributed by atoms with Crippen molar-refractivity contribution >= 4 is 45.1 Å². The van der Waals surface area contributed by atoms with E-state index in [2.05, 4.69) is 33.2 Å². The number of nitrogens with zero attached hydrogens (tertiary/aromatic N) is 3. The number of fused-ring (bicyclic) bond motifs is 1. The van der Waals surface area contributed by atoms with Crippen molar-refractivity contribution in [3.8, 4) is 0 Å². The van der Waals surface area contributed by atoms with Crippen molar-refractivity contribution < 1.29 is 9.53 Å². The minimum absolute atomic E-state index is 0.191. The third-order valence-electron chi connectivity index (χ3n) is 5.56. The van der Waals surface area contributed by atoms with Gasteiger partial charge in [-0.05, 0) is 69.5 Å². The van der Waals surface area contributed by atoms with Gasteiger partial charge in [-0.25, -0.2) is 9.78 Å². The summed E-state index contributed by atoms with van der Waals surface area (Å²) >= 11 is 7.90. The number of hydrogen-bond acceptors (Lipinski definition) is 6. The molecular formula is C20H27ClN4O2S. The van der Waals surface area contributed by atoms with Crippen LogP contribution in [-0.4, -0.2) is 40.8 Å². The predicted octanol–water partition coefficient (Wildman–Crippen LogP) is 4.79. The van der Waals surface area contributed by atoms with Crippen molar-refractivity contribution in [2.75, 3.05) is 18.0 Å². The number of halogens is 1. The average molecular weight is 423 g/mol. The molecule has 0 bridgehead atoms. The van der Waals surface area contributed by atoms with E-state index in [1.807, 2.05) is 20.8 Å². The molecule has 1 aliphatic carbocycles. The van der Waals surface area contributed by atoms with Crippen LogP contribution < -0.4 is 10.2 Å². The van der Waals surface area contributed by atoms with E-state index in [1.165, 1.54) is 4.88 Å². The van der Waals surface area contributed by atoms with Crippen LogP contribution in [0.4, 0.5) is 10.6 Å². The van der Waals surface area contributed by atoms with Gasteiger partial charge >= 0.3 is 6.09 Å². The summed E-state index contributed by atoms with van der Waals surface area (Å²) in [4.78, 5) is 25.6. The Balaban J connectivity index is 1.42. The van der Waals surface area contributed by atoms with Gasteiger partial charge in [-0.3, -0.25) is 0 Å². The molecule has 28 heavy (non-hydrogen) atoms. The minimum Gasteiger partial charge on any atom is -0.444 e. The normalized spacial score (nSPS) is 24.6. The zero-order valence-corrected chi connectivity index (χ0v) is 18.4. The number of aromatic nitrogens is 2. The fourth-order valence-electron chi connectivity index (χ4n) is 4.36. The maximum atomic E-state index is 12.0. The number of aryl methyl sites for hydroxylation is 1. The molecule has 3 heterocycles. The molecule has 6 nitrogen and oxygen atoms in total. The number of amides is 1. The van der Waals surface area contributed by atoms with Crippen LogP contribution in [0.3, 0.4) is 0 Å². The number of carbonyl (C=O) groups excluding carboxylic acids is 1.